The summed E-state index contributed by atoms with van der Waals surface area (Å²) in [6, 6.07) is 10.5. The van der Waals surface area contributed by atoms with Crippen LogP contribution < -0.4 is 4.74 Å². The van der Waals surface area contributed by atoms with E-state index in [-0.39, 0.29) is 5.91 Å². The minimum atomic E-state index is -1.45. The van der Waals surface area contributed by atoms with Gasteiger partial charge in [-0.25, -0.2) is 24.0 Å². The topological polar surface area (TPSA) is 91.0 Å². The number of carbonyl (C=O) groups excluding carboxylic acids is 1. The van der Waals surface area contributed by atoms with Crippen molar-refractivity contribution in [3.63, 3.8) is 0 Å². The molecular weight excluding hydrogens is 461 g/mol. The standard InChI is InChI=1S/C26H28FN7O2/c1-16-14-32(15-28-16)21-11-10-20(29-25(21)36-5)23-30-24-22(33(17(2)35)12-13-34(24)31-23)18-6-8-19(9-7-18)26(3,4)27/h6-11,14-15,22H,12-13H2,1-5H3. The highest BCUT2D eigenvalue weighted by Gasteiger charge is 2.34. The van der Waals surface area contributed by atoms with Crippen LogP contribution in [-0.2, 0) is 17.0 Å². The molecule has 0 saturated carbocycles. The fraction of sp³-hybridized carbons (Fsp3) is 0.346. The second kappa shape index (κ2) is 8.85. The van der Waals surface area contributed by atoms with Gasteiger partial charge in [0.15, 0.2) is 11.6 Å². The van der Waals surface area contributed by atoms with Crippen molar-refractivity contribution in [1.29, 1.82) is 0 Å². The van der Waals surface area contributed by atoms with E-state index in [2.05, 4.69) is 9.97 Å². The van der Waals surface area contributed by atoms with E-state index in [1.165, 1.54) is 13.8 Å². The molecule has 0 fully saturated rings. The molecular formula is C26H28FN7O2. The molecule has 4 heterocycles. The Hall–Kier alpha value is -4.08. The van der Waals surface area contributed by atoms with Gasteiger partial charge in [0, 0.05) is 19.7 Å². The Kier molecular flexibility index (Phi) is 5.82. The Morgan fingerprint density at radius 3 is 2.47 bits per heavy atom. The number of aryl methyl sites for hydroxylation is 1. The molecule has 3 aromatic heterocycles. The molecule has 1 amide bonds. The number of hydrogen-bond acceptors (Lipinski definition) is 6. The van der Waals surface area contributed by atoms with Gasteiger partial charge in [-0.05, 0) is 44.0 Å². The maximum Gasteiger partial charge on any atom is 0.238 e. The third kappa shape index (κ3) is 4.23. The van der Waals surface area contributed by atoms with Gasteiger partial charge in [-0.3, -0.25) is 4.79 Å². The quantitative estimate of drug-likeness (QED) is 0.421. The van der Waals surface area contributed by atoms with E-state index in [9.17, 15) is 9.18 Å². The Morgan fingerprint density at radius 2 is 1.86 bits per heavy atom. The van der Waals surface area contributed by atoms with Crippen LogP contribution in [0.5, 0.6) is 5.88 Å². The highest BCUT2D eigenvalue weighted by Crippen LogP contribution is 2.34. The summed E-state index contributed by atoms with van der Waals surface area (Å²) in [4.78, 5) is 28.0. The summed E-state index contributed by atoms with van der Waals surface area (Å²) in [7, 11) is 1.56. The lowest BCUT2D eigenvalue weighted by Crippen LogP contribution is -2.42. The molecule has 1 aliphatic rings. The number of ether oxygens (including phenoxy) is 1. The lowest BCUT2D eigenvalue weighted by molar-refractivity contribution is -0.131. The average molecular weight is 490 g/mol. The van der Waals surface area contributed by atoms with Crippen molar-refractivity contribution >= 4 is 5.91 Å². The molecule has 1 atom stereocenters. The van der Waals surface area contributed by atoms with Gasteiger partial charge >= 0.3 is 0 Å². The first kappa shape index (κ1) is 23.7. The largest absolute Gasteiger partial charge is 0.479 e. The summed E-state index contributed by atoms with van der Waals surface area (Å²) in [5.41, 5.74) is 2.15. The van der Waals surface area contributed by atoms with E-state index in [1.807, 2.05) is 46.6 Å². The summed E-state index contributed by atoms with van der Waals surface area (Å²) in [6.45, 7) is 7.50. The number of alkyl halides is 1. The van der Waals surface area contributed by atoms with Crippen molar-refractivity contribution in [1.82, 2.24) is 34.2 Å². The molecule has 36 heavy (non-hydrogen) atoms. The Morgan fingerprint density at radius 1 is 1.11 bits per heavy atom. The minimum absolute atomic E-state index is 0.0644. The monoisotopic (exact) mass is 489 g/mol. The number of fused-ring (bicyclic) bond motifs is 1. The first-order valence-corrected chi connectivity index (χ1v) is 11.7. The van der Waals surface area contributed by atoms with Crippen molar-refractivity contribution < 1.29 is 13.9 Å². The zero-order chi connectivity index (χ0) is 25.6. The molecule has 10 heteroatoms. The lowest BCUT2D eigenvalue weighted by atomic mass is 9.95. The number of rotatable bonds is 5. The molecule has 186 valence electrons. The van der Waals surface area contributed by atoms with Gasteiger partial charge in [0.2, 0.25) is 11.8 Å². The van der Waals surface area contributed by atoms with Crippen LogP contribution >= 0.6 is 0 Å². The van der Waals surface area contributed by atoms with Gasteiger partial charge in [0.25, 0.3) is 0 Å². The van der Waals surface area contributed by atoms with E-state index in [4.69, 9.17) is 14.8 Å². The van der Waals surface area contributed by atoms with Gasteiger partial charge in [-0.2, -0.15) is 0 Å². The minimum Gasteiger partial charge on any atom is -0.479 e. The smallest absolute Gasteiger partial charge is 0.238 e. The Bertz CT molecular complexity index is 1420. The predicted molar refractivity (Wildman–Crippen MR) is 131 cm³/mol. The van der Waals surface area contributed by atoms with Crippen LogP contribution in [0.1, 0.15) is 49.5 Å². The number of halogens is 1. The molecule has 4 aromatic rings. The van der Waals surface area contributed by atoms with Gasteiger partial charge in [-0.15, -0.1) is 5.10 Å². The average Bonchev–Trinajstić information content (AvgIpc) is 3.48. The number of pyridine rings is 1. The summed E-state index contributed by atoms with van der Waals surface area (Å²) < 4.78 is 23.6. The highest BCUT2D eigenvalue weighted by atomic mass is 19.1. The number of aromatic nitrogens is 6. The second-order valence-corrected chi connectivity index (χ2v) is 9.37. The molecule has 9 nitrogen and oxygen atoms in total. The number of benzene rings is 1. The van der Waals surface area contributed by atoms with Crippen LogP contribution in [-0.4, -0.2) is 53.8 Å². The number of nitrogens with zero attached hydrogens (tertiary/aromatic N) is 7. The van der Waals surface area contributed by atoms with Crippen LogP contribution in [0.3, 0.4) is 0 Å². The van der Waals surface area contributed by atoms with E-state index < -0.39 is 11.7 Å². The van der Waals surface area contributed by atoms with Crippen molar-refractivity contribution in [2.24, 2.45) is 0 Å². The number of hydrogen-bond donors (Lipinski definition) is 0. The number of amides is 1. The lowest BCUT2D eigenvalue weighted by Gasteiger charge is -2.35. The SMILES string of the molecule is COc1nc(-c2nc3n(n2)CCN(C(C)=O)C3c2ccc(C(C)(C)F)cc2)ccc1-n1cnc(C)c1. The molecule has 0 radical (unpaired) electrons. The van der Waals surface area contributed by atoms with Crippen LogP contribution in [0.25, 0.3) is 17.2 Å². The third-order valence-electron chi connectivity index (χ3n) is 6.38. The molecule has 5 rings (SSSR count). The fourth-order valence-electron chi connectivity index (χ4n) is 4.49. The van der Waals surface area contributed by atoms with E-state index >= 15 is 0 Å². The number of imidazole rings is 1. The molecule has 1 unspecified atom stereocenters. The maximum absolute atomic E-state index is 14.4. The Balaban J connectivity index is 1.55. The molecule has 0 bridgehead atoms. The number of carbonyl (C=O) groups is 1. The molecule has 0 spiro atoms. The summed E-state index contributed by atoms with van der Waals surface area (Å²) in [5, 5.41) is 4.70. The van der Waals surface area contributed by atoms with Crippen LogP contribution in [0, 0.1) is 6.92 Å². The zero-order valence-corrected chi connectivity index (χ0v) is 20.9. The van der Waals surface area contributed by atoms with Gasteiger partial charge in [0.05, 0.1) is 25.7 Å². The zero-order valence-electron chi connectivity index (χ0n) is 20.9. The van der Waals surface area contributed by atoms with Crippen molar-refractivity contribution in [2.75, 3.05) is 13.7 Å². The van der Waals surface area contributed by atoms with Crippen molar-refractivity contribution in [2.45, 2.75) is 46.0 Å². The summed E-state index contributed by atoms with van der Waals surface area (Å²) in [5.74, 6) is 1.43. The van der Waals surface area contributed by atoms with Crippen LogP contribution in [0.4, 0.5) is 4.39 Å². The Labute approximate surface area is 208 Å². The van der Waals surface area contributed by atoms with E-state index in [0.29, 0.717) is 41.9 Å². The van der Waals surface area contributed by atoms with Crippen LogP contribution in [0.2, 0.25) is 0 Å². The second-order valence-electron chi connectivity index (χ2n) is 9.37. The maximum atomic E-state index is 14.4. The highest BCUT2D eigenvalue weighted by molar-refractivity contribution is 5.74. The fourth-order valence-corrected chi connectivity index (χ4v) is 4.49. The van der Waals surface area contributed by atoms with Crippen molar-refractivity contribution in [3.05, 3.63) is 71.6 Å². The first-order chi connectivity index (χ1) is 17.2. The first-order valence-electron chi connectivity index (χ1n) is 11.7. The summed E-state index contributed by atoms with van der Waals surface area (Å²) >= 11 is 0. The van der Waals surface area contributed by atoms with Gasteiger partial charge < -0.3 is 14.2 Å². The third-order valence-corrected chi connectivity index (χ3v) is 6.38. The van der Waals surface area contributed by atoms with Gasteiger partial charge in [0.1, 0.15) is 23.1 Å². The molecule has 0 saturated heterocycles. The molecule has 1 aromatic carbocycles. The van der Waals surface area contributed by atoms with Crippen molar-refractivity contribution in [3.8, 4) is 23.1 Å². The predicted octanol–water partition coefficient (Wildman–Crippen LogP) is 4.00. The molecule has 1 aliphatic heterocycles. The van der Waals surface area contributed by atoms with Crippen LogP contribution in [0.15, 0.2) is 48.9 Å². The van der Waals surface area contributed by atoms with Gasteiger partial charge in [-0.1, -0.05) is 24.3 Å². The molecule has 0 N–H and O–H groups in total. The van der Waals surface area contributed by atoms with E-state index in [0.717, 1.165) is 16.9 Å². The normalized spacial score (nSPS) is 15.6. The molecule has 0 aliphatic carbocycles. The van der Waals surface area contributed by atoms with E-state index in [1.54, 1.807) is 37.4 Å². The summed E-state index contributed by atoms with van der Waals surface area (Å²) in [6.07, 6.45) is 3.60. The number of methoxy groups -OCH3 is 1.